The van der Waals surface area contributed by atoms with Crippen LogP contribution in [-0.4, -0.2) is 41.5 Å². The second-order valence-electron chi connectivity index (χ2n) is 3.52. The normalized spacial score (nSPS) is 15.8. The number of hydrogen-bond acceptors (Lipinski definition) is 4. The molecule has 90 valence electrons. The fourth-order valence-electron chi connectivity index (χ4n) is 1.46. The van der Waals surface area contributed by atoms with E-state index in [2.05, 4.69) is 15.6 Å². The summed E-state index contributed by atoms with van der Waals surface area (Å²) in [6.45, 7) is 1.16. The molecule has 0 bridgehead atoms. The highest BCUT2D eigenvalue weighted by atomic mass is 35.5. The highest BCUT2D eigenvalue weighted by molar-refractivity contribution is 6.29. The lowest BCUT2D eigenvalue weighted by molar-refractivity contribution is -0.128. The molecule has 0 spiro atoms. The smallest absolute Gasteiger partial charge is 0.307 e. The van der Waals surface area contributed by atoms with Crippen molar-refractivity contribution in [3.8, 4) is 0 Å². The average Bonchev–Trinajstić information content (AvgIpc) is 2.32. The van der Waals surface area contributed by atoms with Gasteiger partial charge < -0.3 is 10.6 Å². The first-order chi connectivity index (χ1) is 8.16. The Hall–Kier alpha value is -1.66. The molecule has 1 saturated heterocycles. The number of aromatic nitrogens is 1. The van der Waals surface area contributed by atoms with Gasteiger partial charge in [0.25, 0.3) is 0 Å². The Morgan fingerprint density at radius 1 is 1.53 bits per heavy atom. The van der Waals surface area contributed by atoms with Crippen LogP contribution in [0.4, 0.5) is 10.5 Å². The number of carbonyl (C=O) groups excluding carboxylic acids is 2. The number of pyridine rings is 1. The lowest BCUT2D eigenvalue weighted by Crippen LogP contribution is -2.52. The molecule has 17 heavy (non-hydrogen) atoms. The number of hydrogen-bond donors (Lipinski definition) is 2. The van der Waals surface area contributed by atoms with Crippen molar-refractivity contribution in [2.24, 2.45) is 0 Å². The van der Waals surface area contributed by atoms with Crippen LogP contribution in [0.2, 0.25) is 5.15 Å². The Balaban J connectivity index is 2.00. The van der Waals surface area contributed by atoms with Crippen LogP contribution in [0.15, 0.2) is 18.3 Å². The van der Waals surface area contributed by atoms with Gasteiger partial charge in [-0.2, -0.15) is 0 Å². The highest BCUT2D eigenvalue weighted by Crippen LogP contribution is 2.10. The summed E-state index contributed by atoms with van der Waals surface area (Å²) >= 11 is 5.62. The van der Waals surface area contributed by atoms with Crippen LogP contribution in [0, 0.1) is 0 Å². The van der Waals surface area contributed by atoms with E-state index in [-0.39, 0.29) is 12.5 Å². The molecule has 2 heterocycles. The lowest BCUT2D eigenvalue weighted by Gasteiger charge is -2.25. The third-order valence-corrected chi connectivity index (χ3v) is 2.54. The van der Waals surface area contributed by atoms with Crippen LogP contribution >= 0.6 is 11.6 Å². The molecule has 3 amide bonds. The summed E-state index contributed by atoms with van der Waals surface area (Å²) < 4.78 is 0. The number of piperazine rings is 1. The van der Waals surface area contributed by atoms with Crippen LogP contribution in [-0.2, 0) is 4.79 Å². The van der Waals surface area contributed by atoms with E-state index < -0.39 is 6.03 Å². The average molecular weight is 255 g/mol. The van der Waals surface area contributed by atoms with E-state index in [4.69, 9.17) is 11.6 Å². The molecule has 0 unspecified atom stereocenters. The van der Waals surface area contributed by atoms with E-state index >= 15 is 0 Å². The van der Waals surface area contributed by atoms with Gasteiger partial charge in [0.1, 0.15) is 5.15 Å². The maximum Gasteiger partial charge on any atom is 0.328 e. The topological polar surface area (TPSA) is 74.3 Å². The molecule has 1 aliphatic heterocycles. The van der Waals surface area contributed by atoms with Gasteiger partial charge in [-0.25, -0.2) is 9.78 Å². The highest BCUT2D eigenvalue weighted by Gasteiger charge is 2.23. The first-order valence-electron chi connectivity index (χ1n) is 5.10. The Labute approximate surface area is 103 Å². The van der Waals surface area contributed by atoms with Gasteiger partial charge in [-0.15, -0.1) is 0 Å². The Morgan fingerprint density at radius 3 is 3.00 bits per heavy atom. The maximum absolute atomic E-state index is 11.8. The number of imide groups is 1. The molecular formula is C10H11ClN4O2. The van der Waals surface area contributed by atoms with E-state index in [1.807, 2.05) is 0 Å². The van der Waals surface area contributed by atoms with Crippen molar-refractivity contribution in [2.75, 3.05) is 25.0 Å². The molecule has 7 heteroatoms. The van der Waals surface area contributed by atoms with Crippen molar-refractivity contribution in [2.45, 2.75) is 0 Å². The summed E-state index contributed by atoms with van der Waals surface area (Å²) in [6, 6.07) is 2.75. The van der Waals surface area contributed by atoms with Gasteiger partial charge in [0.2, 0.25) is 5.91 Å². The van der Waals surface area contributed by atoms with Gasteiger partial charge >= 0.3 is 6.03 Å². The van der Waals surface area contributed by atoms with E-state index in [0.29, 0.717) is 23.9 Å². The predicted octanol–water partition coefficient (Wildman–Crippen LogP) is 0.699. The van der Waals surface area contributed by atoms with Crippen LogP contribution in [0.1, 0.15) is 0 Å². The summed E-state index contributed by atoms with van der Waals surface area (Å²) in [4.78, 5) is 28.2. The van der Waals surface area contributed by atoms with E-state index in [0.717, 1.165) is 0 Å². The summed E-state index contributed by atoms with van der Waals surface area (Å²) in [7, 11) is 0. The van der Waals surface area contributed by atoms with E-state index in [1.54, 1.807) is 12.1 Å². The number of anilines is 1. The van der Waals surface area contributed by atoms with Crippen molar-refractivity contribution in [1.82, 2.24) is 15.2 Å². The SMILES string of the molecule is O=C1CNCCN1C(=O)Nc1ccc(Cl)nc1. The standard InChI is InChI=1S/C10H11ClN4O2/c11-8-2-1-7(5-13-8)14-10(17)15-4-3-12-6-9(15)16/h1-2,5,12H,3-4,6H2,(H,14,17). The molecule has 2 N–H and O–H groups in total. The predicted molar refractivity (Wildman–Crippen MR) is 62.8 cm³/mol. The minimum Gasteiger partial charge on any atom is -0.307 e. The fraction of sp³-hybridized carbons (Fsp3) is 0.300. The van der Waals surface area contributed by atoms with Crippen LogP contribution < -0.4 is 10.6 Å². The number of halogens is 1. The van der Waals surface area contributed by atoms with Crippen LogP contribution in [0.25, 0.3) is 0 Å². The summed E-state index contributed by atoms with van der Waals surface area (Å²) in [5, 5.41) is 5.82. The zero-order valence-corrected chi connectivity index (χ0v) is 9.70. The molecule has 0 aromatic carbocycles. The molecule has 1 fully saturated rings. The third-order valence-electron chi connectivity index (χ3n) is 2.31. The fourth-order valence-corrected chi connectivity index (χ4v) is 1.57. The Morgan fingerprint density at radius 2 is 2.35 bits per heavy atom. The molecular weight excluding hydrogens is 244 g/mol. The number of amides is 3. The molecule has 0 radical (unpaired) electrons. The van der Waals surface area contributed by atoms with Gasteiger partial charge in [0.15, 0.2) is 0 Å². The van der Waals surface area contributed by atoms with E-state index in [9.17, 15) is 9.59 Å². The molecule has 6 nitrogen and oxygen atoms in total. The van der Waals surface area contributed by atoms with Gasteiger partial charge in [0.05, 0.1) is 18.4 Å². The molecule has 1 aliphatic rings. The molecule has 0 atom stereocenters. The summed E-state index contributed by atoms with van der Waals surface area (Å²) in [5.74, 6) is -0.240. The number of nitrogens with zero attached hydrogens (tertiary/aromatic N) is 2. The summed E-state index contributed by atoms with van der Waals surface area (Å²) in [5.41, 5.74) is 0.505. The number of carbonyl (C=O) groups is 2. The number of rotatable bonds is 1. The van der Waals surface area contributed by atoms with Gasteiger partial charge in [-0.05, 0) is 12.1 Å². The second kappa shape index (κ2) is 5.11. The maximum atomic E-state index is 11.8. The first-order valence-corrected chi connectivity index (χ1v) is 5.48. The van der Waals surface area contributed by atoms with Gasteiger partial charge in [-0.1, -0.05) is 11.6 Å². The summed E-state index contributed by atoms with van der Waals surface area (Å²) in [6.07, 6.45) is 1.44. The second-order valence-corrected chi connectivity index (χ2v) is 3.91. The minimum atomic E-state index is -0.444. The molecule has 2 rings (SSSR count). The molecule has 0 aliphatic carbocycles. The molecule has 1 aromatic heterocycles. The largest absolute Gasteiger partial charge is 0.328 e. The minimum absolute atomic E-state index is 0.187. The Bertz CT molecular complexity index is 434. The molecule has 1 aromatic rings. The van der Waals surface area contributed by atoms with Crippen LogP contribution in [0.3, 0.4) is 0 Å². The first kappa shape index (κ1) is 11.8. The zero-order chi connectivity index (χ0) is 12.3. The van der Waals surface area contributed by atoms with Crippen molar-refractivity contribution in [1.29, 1.82) is 0 Å². The van der Waals surface area contributed by atoms with Crippen LogP contribution in [0.5, 0.6) is 0 Å². The van der Waals surface area contributed by atoms with Crippen molar-refractivity contribution in [3.63, 3.8) is 0 Å². The monoisotopic (exact) mass is 254 g/mol. The van der Waals surface area contributed by atoms with E-state index in [1.165, 1.54) is 11.1 Å². The zero-order valence-electron chi connectivity index (χ0n) is 8.94. The quantitative estimate of drug-likeness (QED) is 0.724. The Kier molecular flexibility index (Phi) is 3.55. The van der Waals surface area contributed by atoms with Gasteiger partial charge in [-0.3, -0.25) is 9.69 Å². The van der Waals surface area contributed by atoms with Crippen molar-refractivity contribution < 1.29 is 9.59 Å². The molecule has 0 saturated carbocycles. The lowest BCUT2D eigenvalue weighted by atomic mass is 10.3. The van der Waals surface area contributed by atoms with Crippen molar-refractivity contribution >= 4 is 29.2 Å². The number of urea groups is 1. The van der Waals surface area contributed by atoms with Gasteiger partial charge in [0, 0.05) is 13.1 Å². The third kappa shape index (κ3) is 2.92. The van der Waals surface area contributed by atoms with Crippen molar-refractivity contribution in [3.05, 3.63) is 23.5 Å². The number of nitrogens with one attached hydrogen (secondary N) is 2.